The molecule has 3 nitrogen and oxygen atoms in total. The van der Waals surface area contributed by atoms with Gasteiger partial charge in [0.15, 0.2) is 5.69 Å². The second-order valence-electron chi connectivity index (χ2n) is 3.48. The molecule has 0 spiro atoms. The third-order valence-electron chi connectivity index (χ3n) is 2.28. The highest BCUT2D eigenvalue weighted by Crippen LogP contribution is 2.32. The second-order valence-corrected chi connectivity index (χ2v) is 4.73. The molecule has 0 fully saturated rings. The molecule has 92 valence electrons. The van der Waals surface area contributed by atoms with Crippen molar-refractivity contribution in [2.75, 3.05) is 0 Å². The van der Waals surface area contributed by atoms with Crippen LogP contribution in [0.2, 0.25) is 15.1 Å². The Hall–Kier alpha value is -1.29. The van der Waals surface area contributed by atoms with Gasteiger partial charge in [-0.15, -0.1) is 0 Å². The maximum Gasteiger partial charge on any atom is 0.356 e. The molecule has 6 heteroatoms. The Morgan fingerprint density at radius 3 is 2.44 bits per heavy atom. The van der Waals surface area contributed by atoms with Crippen LogP contribution in [-0.2, 0) is 0 Å². The summed E-state index contributed by atoms with van der Waals surface area (Å²) in [6.45, 7) is 0. The lowest BCUT2D eigenvalue weighted by molar-refractivity contribution is 0.0691. The summed E-state index contributed by atoms with van der Waals surface area (Å²) in [4.78, 5) is 14.6. The number of carbonyl (C=O) groups is 1. The monoisotopic (exact) mass is 301 g/mol. The Morgan fingerprint density at radius 2 is 1.83 bits per heavy atom. The lowest BCUT2D eigenvalue weighted by atomic mass is 10.1. The van der Waals surface area contributed by atoms with Crippen molar-refractivity contribution >= 4 is 40.8 Å². The van der Waals surface area contributed by atoms with Gasteiger partial charge in [0.2, 0.25) is 0 Å². The fourth-order valence-electron chi connectivity index (χ4n) is 1.46. The summed E-state index contributed by atoms with van der Waals surface area (Å²) in [7, 11) is 0. The predicted octanol–water partition coefficient (Wildman–Crippen LogP) is 4.41. The number of nitrogens with zero attached hydrogens (tertiary/aromatic N) is 1. The molecule has 2 aromatic rings. The average Bonchev–Trinajstić information content (AvgIpc) is 2.31. The van der Waals surface area contributed by atoms with Crippen LogP contribution in [0.15, 0.2) is 30.5 Å². The van der Waals surface area contributed by atoms with Crippen LogP contribution >= 0.6 is 34.8 Å². The molecular weight excluding hydrogens is 296 g/mol. The number of carboxylic acids is 1. The third-order valence-corrected chi connectivity index (χ3v) is 3.14. The molecule has 0 aliphatic heterocycles. The van der Waals surface area contributed by atoms with E-state index in [2.05, 4.69) is 4.98 Å². The smallest absolute Gasteiger partial charge is 0.356 e. The topological polar surface area (TPSA) is 50.2 Å². The van der Waals surface area contributed by atoms with Gasteiger partial charge in [-0.1, -0.05) is 34.8 Å². The van der Waals surface area contributed by atoms with Crippen molar-refractivity contribution in [2.24, 2.45) is 0 Å². The van der Waals surface area contributed by atoms with Crippen molar-refractivity contribution in [3.63, 3.8) is 0 Å². The van der Waals surface area contributed by atoms with E-state index in [1.54, 1.807) is 18.2 Å². The van der Waals surface area contributed by atoms with Crippen molar-refractivity contribution < 1.29 is 9.90 Å². The molecule has 1 N–H and O–H groups in total. The van der Waals surface area contributed by atoms with Crippen molar-refractivity contribution in [3.05, 3.63) is 51.2 Å². The van der Waals surface area contributed by atoms with Gasteiger partial charge in [0, 0.05) is 27.4 Å². The number of halogens is 3. The summed E-state index contributed by atoms with van der Waals surface area (Å²) in [6, 6.07) is 6.47. The molecule has 1 aromatic heterocycles. The van der Waals surface area contributed by atoms with Crippen molar-refractivity contribution in [2.45, 2.75) is 0 Å². The van der Waals surface area contributed by atoms with Gasteiger partial charge in [0.1, 0.15) is 0 Å². The molecule has 0 saturated heterocycles. The first-order valence-electron chi connectivity index (χ1n) is 4.83. The molecule has 18 heavy (non-hydrogen) atoms. The highest BCUT2D eigenvalue weighted by atomic mass is 35.5. The maximum absolute atomic E-state index is 10.8. The standard InChI is InChI=1S/C12H6Cl3NO2/c13-7-1-2-9(14)8(4-7)6-3-10(15)11(12(17)18)16-5-6/h1-5H,(H,17,18). The number of pyridine rings is 1. The van der Waals surface area contributed by atoms with E-state index in [9.17, 15) is 4.79 Å². The van der Waals surface area contributed by atoms with Crippen LogP contribution in [-0.4, -0.2) is 16.1 Å². The Kier molecular flexibility index (Phi) is 3.76. The number of aromatic carboxylic acids is 1. The summed E-state index contributed by atoms with van der Waals surface area (Å²) in [5, 5.41) is 9.89. The summed E-state index contributed by atoms with van der Waals surface area (Å²) in [6.07, 6.45) is 1.40. The van der Waals surface area contributed by atoms with Crippen LogP contribution < -0.4 is 0 Å². The SMILES string of the molecule is O=C(O)c1ncc(-c2cc(Cl)ccc2Cl)cc1Cl. The molecule has 0 atom stereocenters. The van der Waals surface area contributed by atoms with Crippen molar-refractivity contribution in [1.29, 1.82) is 0 Å². The third kappa shape index (κ3) is 2.58. The van der Waals surface area contributed by atoms with Gasteiger partial charge in [0.05, 0.1) is 5.02 Å². The molecule has 0 bridgehead atoms. The van der Waals surface area contributed by atoms with Gasteiger partial charge in [-0.3, -0.25) is 0 Å². The van der Waals surface area contributed by atoms with E-state index in [1.165, 1.54) is 12.3 Å². The Bertz CT molecular complexity index is 629. The van der Waals surface area contributed by atoms with Gasteiger partial charge < -0.3 is 5.11 Å². The van der Waals surface area contributed by atoms with Gasteiger partial charge in [-0.2, -0.15) is 0 Å². The van der Waals surface area contributed by atoms with Gasteiger partial charge in [-0.25, -0.2) is 9.78 Å². The first-order chi connectivity index (χ1) is 8.49. The van der Waals surface area contributed by atoms with Crippen LogP contribution in [0.1, 0.15) is 10.5 Å². The lowest BCUT2D eigenvalue weighted by Crippen LogP contribution is -2.01. The predicted molar refractivity (Wildman–Crippen MR) is 71.7 cm³/mol. The molecule has 0 aliphatic carbocycles. The molecule has 1 heterocycles. The Labute approximate surface area is 118 Å². The summed E-state index contributed by atoms with van der Waals surface area (Å²) in [5.74, 6) is -1.18. The molecule has 0 unspecified atom stereocenters. The summed E-state index contributed by atoms with van der Waals surface area (Å²) in [5.41, 5.74) is 1.06. The van der Waals surface area contributed by atoms with Gasteiger partial charge in [0.25, 0.3) is 0 Å². The van der Waals surface area contributed by atoms with Gasteiger partial charge in [-0.05, 0) is 24.3 Å². The number of carboxylic acid groups (broad SMARTS) is 1. The van der Waals surface area contributed by atoms with Crippen LogP contribution in [0.25, 0.3) is 11.1 Å². The molecule has 0 aliphatic rings. The molecular formula is C12H6Cl3NO2. The van der Waals surface area contributed by atoms with E-state index in [0.717, 1.165) is 0 Å². The van der Waals surface area contributed by atoms with E-state index >= 15 is 0 Å². The highest BCUT2D eigenvalue weighted by Gasteiger charge is 2.13. The Balaban J connectivity index is 2.55. The van der Waals surface area contributed by atoms with E-state index in [1.807, 2.05) is 0 Å². The zero-order valence-corrected chi connectivity index (χ0v) is 11.1. The first kappa shape index (κ1) is 13.1. The van der Waals surface area contributed by atoms with E-state index < -0.39 is 5.97 Å². The number of benzene rings is 1. The molecule has 1 aromatic carbocycles. The normalized spacial score (nSPS) is 10.4. The fourth-order valence-corrected chi connectivity index (χ4v) is 2.11. The number of rotatable bonds is 2. The molecule has 0 radical (unpaired) electrons. The largest absolute Gasteiger partial charge is 0.476 e. The van der Waals surface area contributed by atoms with E-state index in [4.69, 9.17) is 39.9 Å². The maximum atomic E-state index is 10.8. The summed E-state index contributed by atoms with van der Waals surface area (Å²) >= 11 is 17.8. The van der Waals surface area contributed by atoms with E-state index in [0.29, 0.717) is 21.2 Å². The minimum absolute atomic E-state index is 0.0519. The van der Waals surface area contributed by atoms with Crippen LogP contribution in [0.4, 0.5) is 0 Å². The van der Waals surface area contributed by atoms with E-state index in [-0.39, 0.29) is 10.7 Å². The fraction of sp³-hybridized carbons (Fsp3) is 0. The second kappa shape index (κ2) is 5.14. The van der Waals surface area contributed by atoms with Crippen molar-refractivity contribution in [1.82, 2.24) is 4.98 Å². The summed E-state index contributed by atoms with van der Waals surface area (Å²) < 4.78 is 0. The minimum atomic E-state index is -1.18. The van der Waals surface area contributed by atoms with Crippen LogP contribution in [0.5, 0.6) is 0 Å². The number of aromatic nitrogens is 1. The van der Waals surface area contributed by atoms with Crippen LogP contribution in [0.3, 0.4) is 0 Å². The minimum Gasteiger partial charge on any atom is -0.476 e. The van der Waals surface area contributed by atoms with Crippen LogP contribution in [0, 0.1) is 0 Å². The highest BCUT2D eigenvalue weighted by molar-refractivity contribution is 6.36. The van der Waals surface area contributed by atoms with Crippen molar-refractivity contribution in [3.8, 4) is 11.1 Å². The Morgan fingerprint density at radius 1 is 1.11 bits per heavy atom. The number of hydrogen-bond acceptors (Lipinski definition) is 2. The molecule has 2 rings (SSSR count). The quantitative estimate of drug-likeness (QED) is 0.894. The average molecular weight is 303 g/mol. The molecule has 0 amide bonds. The zero-order valence-electron chi connectivity index (χ0n) is 8.82. The first-order valence-corrected chi connectivity index (χ1v) is 5.96. The lowest BCUT2D eigenvalue weighted by Gasteiger charge is -2.06. The zero-order chi connectivity index (χ0) is 13.3. The number of hydrogen-bond donors (Lipinski definition) is 1. The van der Waals surface area contributed by atoms with Gasteiger partial charge >= 0.3 is 5.97 Å². The molecule has 0 saturated carbocycles.